The summed E-state index contributed by atoms with van der Waals surface area (Å²) in [6.07, 6.45) is -2.69. The number of nitrogens with two attached hydrogens (primary N) is 1. The Morgan fingerprint density at radius 1 is 1.38 bits per heavy atom. The van der Waals surface area contributed by atoms with Crippen LogP contribution in [0.1, 0.15) is 31.0 Å². The van der Waals surface area contributed by atoms with E-state index in [-0.39, 0.29) is 23.2 Å². The van der Waals surface area contributed by atoms with E-state index in [1.54, 1.807) is 16.8 Å². The van der Waals surface area contributed by atoms with E-state index < -0.39 is 34.1 Å². The quantitative estimate of drug-likeness (QED) is 0.722. The largest absolute Gasteiger partial charge is 0.484 e. The molecule has 1 aromatic carbocycles. The van der Waals surface area contributed by atoms with Crippen LogP contribution in [0.5, 0.6) is 5.75 Å². The number of nitrogens with zero attached hydrogens (tertiary/aromatic N) is 2. The van der Waals surface area contributed by atoms with E-state index in [0.717, 1.165) is 11.3 Å². The summed E-state index contributed by atoms with van der Waals surface area (Å²) in [7, 11) is -3.22. The van der Waals surface area contributed by atoms with Crippen molar-refractivity contribution in [2.45, 2.75) is 44.3 Å². The molecular weight excluding hydrogens is 447 g/mol. The third kappa shape index (κ3) is 4.48. The molecule has 2 aromatic rings. The minimum absolute atomic E-state index is 0.0491. The van der Waals surface area contributed by atoms with Crippen LogP contribution in [-0.2, 0) is 33.0 Å². The number of alkyl halides is 3. The molecule has 2 aliphatic rings. The van der Waals surface area contributed by atoms with Crippen LogP contribution in [0.3, 0.4) is 0 Å². The zero-order valence-electron chi connectivity index (χ0n) is 17.5. The average Bonchev–Trinajstić information content (AvgIpc) is 3.23. The van der Waals surface area contributed by atoms with E-state index in [9.17, 15) is 26.4 Å². The first-order valence-electron chi connectivity index (χ1n) is 10.3. The van der Waals surface area contributed by atoms with Crippen molar-refractivity contribution in [3.05, 3.63) is 35.5 Å². The molecule has 32 heavy (non-hydrogen) atoms. The van der Waals surface area contributed by atoms with Crippen molar-refractivity contribution in [3.63, 3.8) is 0 Å². The van der Waals surface area contributed by atoms with Crippen LogP contribution in [0.15, 0.2) is 24.3 Å². The summed E-state index contributed by atoms with van der Waals surface area (Å²) in [5, 5.41) is 4.75. The number of fused-ring (bicyclic) bond motifs is 1. The number of hydrogen-bond donors (Lipinski definition) is 1. The van der Waals surface area contributed by atoms with Gasteiger partial charge in [0, 0.05) is 29.2 Å². The van der Waals surface area contributed by atoms with Gasteiger partial charge in [-0.1, -0.05) is 12.1 Å². The van der Waals surface area contributed by atoms with Crippen LogP contribution in [0.2, 0.25) is 0 Å². The minimum atomic E-state index is -4.46. The maximum Gasteiger partial charge on any atom is 0.422 e. The van der Waals surface area contributed by atoms with E-state index in [4.69, 9.17) is 15.6 Å². The van der Waals surface area contributed by atoms with Gasteiger partial charge >= 0.3 is 6.18 Å². The molecule has 1 aliphatic carbocycles. The molecule has 0 bridgehead atoms. The normalized spacial score (nSPS) is 24.8. The highest BCUT2D eigenvalue weighted by atomic mass is 32.2. The monoisotopic (exact) mass is 471 g/mol. The molecular formula is C21H24F3N3O4S. The SMILES string of the molecule is C[C@]1(n2nc(-c3cccc(OCC(F)(F)F)c3)c3c2CC(C(N)=O)CC3)CCS(=O)(=O)C1. The summed E-state index contributed by atoms with van der Waals surface area (Å²) in [5.74, 6) is -0.758. The predicted octanol–water partition coefficient (Wildman–Crippen LogP) is 2.62. The topological polar surface area (TPSA) is 104 Å². The van der Waals surface area contributed by atoms with Gasteiger partial charge in [0.05, 0.1) is 22.7 Å². The number of amides is 1. The number of carbonyl (C=O) groups is 1. The Kier molecular flexibility index (Phi) is 5.51. The van der Waals surface area contributed by atoms with E-state index in [0.29, 0.717) is 36.9 Å². The predicted molar refractivity (Wildman–Crippen MR) is 111 cm³/mol. The third-order valence-corrected chi connectivity index (χ3v) is 8.07. The molecule has 1 fully saturated rings. The minimum Gasteiger partial charge on any atom is -0.484 e. The third-order valence-electron chi connectivity index (χ3n) is 6.18. The molecule has 7 nitrogen and oxygen atoms in total. The van der Waals surface area contributed by atoms with E-state index >= 15 is 0 Å². The summed E-state index contributed by atoms with van der Waals surface area (Å²) in [6, 6.07) is 6.24. The lowest BCUT2D eigenvalue weighted by Gasteiger charge is -2.28. The summed E-state index contributed by atoms with van der Waals surface area (Å²) in [5.41, 5.74) is 7.52. The maximum atomic E-state index is 12.5. The van der Waals surface area contributed by atoms with Crippen molar-refractivity contribution in [2.24, 2.45) is 11.7 Å². The first kappa shape index (κ1) is 22.6. The van der Waals surface area contributed by atoms with Crippen LogP contribution in [0.25, 0.3) is 11.3 Å². The molecule has 2 N–H and O–H groups in total. The van der Waals surface area contributed by atoms with Crippen LogP contribution in [-0.4, -0.2) is 48.4 Å². The number of rotatable bonds is 5. The number of primary amides is 1. The van der Waals surface area contributed by atoms with Gasteiger partial charge in [-0.05, 0) is 38.3 Å². The van der Waals surface area contributed by atoms with Crippen molar-refractivity contribution >= 4 is 15.7 Å². The van der Waals surface area contributed by atoms with E-state index in [1.165, 1.54) is 12.1 Å². The standard InChI is InChI=1S/C21H24F3N3O4S/c1-20(7-8-32(29,30)12-20)27-17-10-14(19(25)28)5-6-16(17)18(26-27)13-3-2-4-15(9-13)31-11-21(22,23)24/h2-4,9,14H,5-8,10-12H2,1H3,(H2,25,28)/t14?,20-/m0/s1. The number of sulfone groups is 1. The fourth-order valence-electron chi connectivity index (χ4n) is 4.59. The molecule has 1 amide bonds. The van der Waals surface area contributed by atoms with Gasteiger partial charge in [-0.2, -0.15) is 18.3 Å². The molecule has 2 heterocycles. The fraction of sp³-hybridized carbons (Fsp3) is 0.524. The number of hydrogen-bond acceptors (Lipinski definition) is 5. The van der Waals surface area contributed by atoms with Gasteiger partial charge < -0.3 is 10.5 Å². The molecule has 4 rings (SSSR count). The number of aromatic nitrogens is 2. The van der Waals surface area contributed by atoms with Crippen LogP contribution < -0.4 is 10.5 Å². The Morgan fingerprint density at radius 2 is 2.12 bits per heavy atom. The van der Waals surface area contributed by atoms with Crippen molar-refractivity contribution in [2.75, 3.05) is 18.1 Å². The van der Waals surface area contributed by atoms with Gasteiger partial charge in [0.15, 0.2) is 16.4 Å². The molecule has 1 unspecified atom stereocenters. The molecule has 11 heteroatoms. The molecule has 1 aliphatic heterocycles. The Morgan fingerprint density at radius 3 is 2.75 bits per heavy atom. The highest BCUT2D eigenvalue weighted by Gasteiger charge is 2.44. The van der Waals surface area contributed by atoms with Crippen molar-refractivity contribution in [1.29, 1.82) is 0 Å². The van der Waals surface area contributed by atoms with Crippen molar-refractivity contribution in [1.82, 2.24) is 9.78 Å². The fourth-order valence-corrected chi connectivity index (χ4v) is 6.70. The highest BCUT2D eigenvalue weighted by molar-refractivity contribution is 7.91. The zero-order chi connectivity index (χ0) is 23.3. The lowest BCUT2D eigenvalue weighted by molar-refractivity contribution is -0.153. The molecule has 1 saturated heterocycles. The summed E-state index contributed by atoms with van der Waals surface area (Å²) in [6.45, 7) is 0.421. The van der Waals surface area contributed by atoms with Gasteiger partial charge in [-0.25, -0.2) is 8.42 Å². The Labute approximate surface area is 183 Å². The van der Waals surface area contributed by atoms with Gasteiger partial charge in [0.25, 0.3) is 0 Å². The summed E-state index contributed by atoms with van der Waals surface area (Å²) < 4.78 is 68.6. The molecule has 0 saturated carbocycles. The number of ether oxygens (including phenoxy) is 1. The Balaban J connectivity index is 1.77. The average molecular weight is 472 g/mol. The maximum absolute atomic E-state index is 12.5. The first-order valence-corrected chi connectivity index (χ1v) is 12.1. The van der Waals surface area contributed by atoms with Crippen LogP contribution in [0, 0.1) is 5.92 Å². The van der Waals surface area contributed by atoms with Gasteiger partial charge in [0.2, 0.25) is 5.91 Å². The number of halogens is 3. The Hall–Kier alpha value is -2.56. The molecule has 174 valence electrons. The second kappa shape index (κ2) is 7.79. The lowest BCUT2D eigenvalue weighted by Crippen LogP contribution is -2.36. The molecule has 0 spiro atoms. The number of carbonyl (C=O) groups excluding carboxylic acids is 1. The molecule has 1 aromatic heterocycles. The second-order valence-corrected chi connectivity index (χ2v) is 11.0. The van der Waals surface area contributed by atoms with Gasteiger partial charge in [0.1, 0.15) is 5.75 Å². The van der Waals surface area contributed by atoms with Gasteiger partial charge in [-0.3, -0.25) is 9.48 Å². The van der Waals surface area contributed by atoms with E-state index in [1.807, 2.05) is 6.92 Å². The van der Waals surface area contributed by atoms with Crippen molar-refractivity contribution in [3.8, 4) is 17.0 Å². The smallest absolute Gasteiger partial charge is 0.422 e. The van der Waals surface area contributed by atoms with Crippen LogP contribution >= 0.6 is 0 Å². The van der Waals surface area contributed by atoms with Crippen molar-refractivity contribution < 1.29 is 31.1 Å². The van der Waals surface area contributed by atoms with Gasteiger partial charge in [-0.15, -0.1) is 0 Å². The summed E-state index contributed by atoms with van der Waals surface area (Å²) >= 11 is 0. The Bertz CT molecular complexity index is 1160. The molecule has 2 atom stereocenters. The zero-order valence-corrected chi connectivity index (χ0v) is 18.3. The second-order valence-electron chi connectivity index (χ2n) is 8.80. The highest BCUT2D eigenvalue weighted by Crippen LogP contribution is 2.40. The van der Waals surface area contributed by atoms with Crippen LogP contribution in [0.4, 0.5) is 13.2 Å². The molecule has 0 radical (unpaired) electrons. The summed E-state index contributed by atoms with van der Waals surface area (Å²) in [4.78, 5) is 11.8. The number of benzene rings is 1. The van der Waals surface area contributed by atoms with E-state index in [2.05, 4.69) is 0 Å². The first-order chi connectivity index (χ1) is 14.9. The lowest BCUT2D eigenvalue weighted by atomic mass is 9.84.